The maximum atomic E-state index is 12.1. The van der Waals surface area contributed by atoms with Gasteiger partial charge < -0.3 is 19.2 Å². The van der Waals surface area contributed by atoms with Gasteiger partial charge in [0.1, 0.15) is 0 Å². The molecule has 0 saturated carbocycles. The van der Waals surface area contributed by atoms with Gasteiger partial charge in [-0.1, -0.05) is 36.0 Å². The number of nitrogens with one attached hydrogen (secondary N) is 1. The van der Waals surface area contributed by atoms with Crippen molar-refractivity contribution in [3.8, 4) is 11.5 Å². The fourth-order valence-electron chi connectivity index (χ4n) is 2.56. The molecule has 1 amide bonds. The molecular weight excluding hydrogens is 378 g/mol. The second-order valence-corrected chi connectivity index (χ2v) is 6.91. The molecule has 7 nitrogen and oxygen atoms in total. The first-order valence-corrected chi connectivity index (χ1v) is 9.59. The van der Waals surface area contributed by atoms with E-state index < -0.39 is 0 Å². The summed E-state index contributed by atoms with van der Waals surface area (Å²) in [7, 11) is 3.18. The Morgan fingerprint density at radius 2 is 1.89 bits per heavy atom. The topological polar surface area (TPSA) is 86.5 Å². The molecule has 0 aliphatic heterocycles. The molecule has 1 N–H and O–H groups in total. The lowest BCUT2D eigenvalue weighted by Crippen LogP contribution is -2.14. The predicted molar refractivity (Wildman–Crippen MR) is 107 cm³/mol. The minimum absolute atomic E-state index is 0.126. The van der Waals surface area contributed by atoms with Crippen LogP contribution in [0.4, 0.5) is 5.69 Å². The number of amides is 1. The van der Waals surface area contributed by atoms with Crippen molar-refractivity contribution in [3.63, 3.8) is 0 Å². The minimum atomic E-state index is -0.126. The summed E-state index contributed by atoms with van der Waals surface area (Å²) < 4.78 is 16.2. The van der Waals surface area contributed by atoms with Crippen LogP contribution < -0.4 is 14.8 Å². The van der Waals surface area contributed by atoms with Gasteiger partial charge in [0, 0.05) is 5.69 Å². The second kappa shape index (κ2) is 9.27. The summed E-state index contributed by atoms with van der Waals surface area (Å²) in [6, 6.07) is 13.2. The van der Waals surface area contributed by atoms with Crippen LogP contribution in [0.1, 0.15) is 17.0 Å². The highest BCUT2D eigenvalue weighted by atomic mass is 32.2. The number of carbonyl (C=O) groups excluding carboxylic acids is 1. The van der Waals surface area contributed by atoms with Gasteiger partial charge >= 0.3 is 0 Å². The Morgan fingerprint density at radius 3 is 2.64 bits per heavy atom. The van der Waals surface area contributed by atoms with Gasteiger partial charge in [-0.3, -0.25) is 4.79 Å². The van der Waals surface area contributed by atoms with Gasteiger partial charge in [0.2, 0.25) is 11.8 Å². The Labute approximate surface area is 167 Å². The van der Waals surface area contributed by atoms with E-state index in [9.17, 15) is 4.79 Å². The highest BCUT2D eigenvalue weighted by Gasteiger charge is 2.12. The second-order valence-electron chi connectivity index (χ2n) is 5.98. The summed E-state index contributed by atoms with van der Waals surface area (Å²) in [5.74, 6) is 1.83. The molecule has 8 heteroatoms. The van der Waals surface area contributed by atoms with Gasteiger partial charge in [0.05, 0.1) is 26.4 Å². The lowest BCUT2D eigenvalue weighted by molar-refractivity contribution is -0.113. The first-order chi connectivity index (χ1) is 13.6. The number of hydrogen-bond donors (Lipinski definition) is 1. The number of thioether (sulfide) groups is 1. The van der Waals surface area contributed by atoms with Crippen LogP contribution in [0, 0.1) is 6.92 Å². The molecule has 0 bridgehead atoms. The van der Waals surface area contributed by atoms with E-state index in [1.54, 1.807) is 14.2 Å². The van der Waals surface area contributed by atoms with Crippen LogP contribution in [0.5, 0.6) is 11.5 Å². The average molecular weight is 399 g/mol. The number of carbonyl (C=O) groups is 1. The molecule has 0 aliphatic carbocycles. The van der Waals surface area contributed by atoms with Crippen LogP contribution in [0.15, 0.2) is 52.1 Å². The number of benzene rings is 2. The molecule has 1 heterocycles. The van der Waals surface area contributed by atoms with Crippen molar-refractivity contribution in [2.24, 2.45) is 0 Å². The van der Waals surface area contributed by atoms with E-state index in [0.29, 0.717) is 29.0 Å². The van der Waals surface area contributed by atoms with Crippen LogP contribution >= 0.6 is 11.8 Å². The van der Waals surface area contributed by atoms with Crippen LogP contribution in [-0.4, -0.2) is 36.1 Å². The van der Waals surface area contributed by atoms with Gasteiger partial charge in [-0.05, 0) is 36.2 Å². The molecule has 0 atom stereocenters. The number of ether oxygens (including phenoxy) is 2. The van der Waals surface area contributed by atoms with Crippen LogP contribution in [0.2, 0.25) is 0 Å². The Balaban J connectivity index is 1.55. The zero-order valence-corrected chi connectivity index (χ0v) is 16.7. The van der Waals surface area contributed by atoms with Crippen molar-refractivity contribution in [1.82, 2.24) is 10.2 Å². The van der Waals surface area contributed by atoms with Gasteiger partial charge in [0.15, 0.2) is 11.5 Å². The molecule has 0 spiro atoms. The molecule has 0 radical (unpaired) electrons. The summed E-state index contributed by atoms with van der Waals surface area (Å²) in [4.78, 5) is 12.1. The normalized spacial score (nSPS) is 10.5. The lowest BCUT2D eigenvalue weighted by atomic mass is 10.1. The van der Waals surface area contributed by atoms with E-state index in [-0.39, 0.29) is 11.7 Å². The van der Waals surface area contributed by atoms with Crippen molar-refractivity contribution in [2.75, 3.05) is 25.3 Å². The van der Waals surface area contributed by atoms with E-state index in [2.05, 4.69) is 15.5 Å². The zero-order valence-electron chi connectivity index (χ0n) is 15.9. The molecule has 28 heavy (non-hydrogen) atoms. The largest absolute Gasteiger partial charge is 0.493 e. The quantitative estimate of drug-likeness (QED) is 0.578. The number of para-hydroxylation sites is 1. The van der Waals surface area contributed by atoms with E-state index in [1.807, 2.05) is 49.4 Å². The lowest BCUT2D eigenvalue weighted by Gasteiger charge is -2.08. The maximum absolute atomic E-state index is 12.1. The summed E-state index contributed by atoms with van der Waals surface area (Å²) >= 11 is 1.20. The van der Waals surface area contributed by atoms with Gasteiger partial charge in [0.25, 0.3) is 5.22 Å². The Kier molecular flexibility index (Phi) is 6.54. The predicted octanol–water partition coefficient (Wildman–Crippen LogP) is 3.72. The Bertz CT molecular complexity index is 958. The molecule has 3 rings (SSSR count). The number of aromatic nitrogens is 2. The van der Waals surface area contributed by atoms with Crippen molar-refractivity contribution in [1.29, 1.82) is 0 Å². The third-order valence-electron chi connectivity index (χ3n) is 4.00. The standard InChI is InChI=1S/C20H21N3O4S/c1-13-6-4-5-7-15(13)21-18(24)12-28-20-23-22-19(27-20)11-14-8-9-16(25-2)17(10-14)26-3/h4-10H,11-12H2,1-3H3,(H,21,24). The number of hydrogen-bond acceptors (Lipinski definition) is 7. The van der Waals surface area contributed by atoms with E-state index in [1.165, 1.54) is 11.8 Å². The average Bonchev–Trinajstić information content (AvgIpc) is 3.15. The maximum Gasteiger partial charge on any atom is 0.277 e. The molecule has 2 aromatic carbocycles. The highest BCUT2D eigenvalue weighted by Crippen LogP contribution is 2.28. The molecule has 3 aromatic rings. The summed E-state index contributed by atoms with van der Waals surface area (Å²) in [5, 5.41) is 11.3. The van der Waals surface area contributed by atoms with E-state index in [4.69, 9.17) is 13.9 Å². The van der Waals surface area contributed by atoms with Crippen molar-refractivity contribution in [2.45, 2.75) is 18.6 Å². The first kappa shape index (κ1) is 19.8. The Morgan fingerprint density at radius 1 is 1.11 bits per heavy atom. The Hall–Kier alpha value is -3.00. The highest BCUT2D eigenvalue weighted by molar-refractivity contribution is 7.99. The number of methoxy groups -OCH3 is 2. The first-order valence-electron chi connectivity index (χ1n) is 8.60. The summed E-state index contributed by atoms with van der Waals surface area (Å²) in [6.07, 6.45) is 0.462. The molecule has 0 aliphatic rings. The SMILES string of the molecule is COc1ccc(Cc2nnc(SCC(=O)Nc3ccccc3C)o2)cc1OC. The molecule has 0 saturated heterocycles. The van der Waals surface area contributed by atoms with Crippen molar-refractivity contribution >= 4 is 23.4 Å². The fourth-order valence-corrected chi connectivity index (χ4v) is 3.14. The van der Waals surface area contributed by atoms with E-state index in [0.717, 1.165) is 16.8 Å². The molecular formula is C20H21N3O4S. The third-order valence-corrected chi connectivity index (χ3v) is 4.82. The van der Waals surface area contributed by atoms with Crippen LogP contribution in [0.3, 0.4) is 0 Å². The molecule has 0 fully saturated rings. The summed E-state index contributed by atoms with van der Waals surface area (Å²) in [5.41, 5.74) is 2.76. The molecule has 1 aromatic heterocycles. The number of anilines is 1. The fraction of sp³-hybridized carbons (Fsp3) is 0.250. The minimum Gasteiger partial charge on any atom is -0.493 e. The van der Waals surface area contributed by atoms with Gasteiger partial charge in [-0.2, -0.15) is 0 Å². The monoisotopic (exact) mass is 399 g/mol. The van der Waals surface area contributed by atoms with Crippen LogP contribution in [0.25, 0.3) is 0 Å². The molecule has 146 valence electrons. The van der Waals surface area contributed by atoms with Gasteiger partial charge in [-0.25, -0.2) is 0 Å². The van der Waals surface area contributed by atoms with E-state index >= 15 is 0 Å². The van der Waals surface area contributed by atoms with Gasteiger partial charge in [-0.15, -0.1) is 10.2 Å². The van der Waals surface area contributed by atoms with Crippen molar-refractivity contribution < 1.29 is 18.7 Å². The molecule has 0 unspecified atom stereocenters. The zero-order chi connectivity index (χ0) is 19.9. The summed E-state index contributed by atoms with van der Waals surface area (Å²) in [6.45, 7) is 1.95. The third kappa shape index (κ3) is 5.04. The number of nitrogens with zero attached hydrogens (tertiary/aromatic N) is 2. The van der Waals surface area contributed by atoms with Crippen LogP contribution in [-0.2, 0) is 11.2 Å². The smallest absolute Gasteiger partial charge is 0.277 e. The van der Waals surface area contributed by atoms with Crippen molar-refractivity contribution in [3.05, 3.63) is 59.5 Å². The number of aryl methyl sites for hydroxylation is 1. The number of rotatable bonds is 8.